The maximum absolute atomic E-state index is 12.8. The lowest BCUT2D eigenvalue weighted by atomic mass is 9.87. The fourth-order valence-corrected chi connectivity index (χ4v) is 1.92. The van der Waals surface area contributed by atoms with Gasteiger partial charge in [-0.2, -0.15) is 0 Å². The van der Waals surface area contributed by atoms with Crippen LogP contribution in [0.5, 0.6) is 5.75 Å². The van der Waals surface area contributed by atoms with E-state index in [1.807, 2.05) is 24.3 Å². The van der Waals surface area contributed by atoms with Gasteiger partial charge < -0.3 is 4.74 Å². The van der Waals surface area contributed by atoms with Crippen LogP contribution in [0.1, 0.15) is 36.7 Å². The summed E-state index contributed by atoms with van der Waals surface area (Å²) in [6, 6.07) is 13.2. The third kappa shape index (κ3) is 4.15. The van der Waals surface area contributed by atoms with E-state index < -0.39 is 0 Å². The van der Waals surface area contributed by atoms with Crippen molar-refractivity contribution >= 4 is 5.78 Å². The number of carbonyl (C=O) groups excluding carboxylic acids is 1. The van der Waals surface area contributed by atoms with Crippen LogP contribution in [0.2, 0.25) is 0 Å². The molecule has 0 aliphatic heterocycles. The van der Waals surface area contributed by atoms with Crippen molar-refractivity contribution < 1.29 is 13.9 Å². The molecule has 2 aromatic carbocycles. The highest BCUT2D eigenvalue weighted by Crippen LogP contribution is 2.25. The van der Waals surface area contributed by atoms with E-state index in [0.717, 1.165) is 5.56 Å². The fourth-order valence-electron chi connectivity index (χ4n) is 1.92. The maximum atomic E-state index is 12.8. The molecule has 0 saturated heterocycles. The van der Waals surface area contributed by atoms with Gasteiger partial charge in [-0.3, -0.25) is 4.79 Å². The third-order valence-corrected chi connectivity index (χ3v) is 3.24. The summed E-state index contributed by atoms with van der Waals surface area (Å²) in [5.41, 5.74) is 1.62. The van der Waals surface area contributed by atoms with Gasteiger partial charge in [-0.15, -0.1) is 0 Å². The van der Waals surface area contributed by atoms with Crippen molar-refractivity contribution in [2.75, 3.05) is 6.61 Å². The molecule has 2 nitrogen and oxygen atoms in total. The largest absolute Gasteiger partial charge is 0.485 e. The normalized spacial score (nSPS) is 11.2. The summed E-state index contributed by atoms with van der Waals surface area (Å²) >= 11 is 0. The summed E-state index contributed by atoms with van der Waals surface area (Å²) in [4.78, 5) is 12.0. The molecule has 0 aliphatic carbocycles. The van der Waals surface area contributed by atoms with Crippen molar-refractivity contribution in [3.63, 3.8) is 0 Å². The van der Waals surface area contributed by atoms with Crippen molar-refractivity contribution in [2.45, 2.75) is 26.2 Å². The molecule has 0 fully saturated rings. The van der Waals surface area contributed by atoms with Crippen LogP contribution in [0.3, 0.4) is 0 Å². The first kappa shape index (κ1) is 15.2. The Morgan fingerprint density at radius 2 is 1.76 bits per heavy atom. The van der Waals surface area contributed by atoms with Crippen molar-refractivity contribution in [3.8, 4) is 5.75 Å². The predicted molar refractivity (Wildman–Crippen MR) is 81.4 cm³/mol. The second-order valence-corrected chi connectivity index (χ2v) is 6.00. The Balaban J connectivity index is 2.03. The van der Waals surface area contributed by atoms with E-state index in [2.05, 4.69) is 20.8 Å². The van der Waals surface area contributed by atoms with Crippen LogP contribution in [0.25, 0.3) is 0 Å². The summed E-state index contributed by atoms with van der Waals surface area (Å²) in [5.74, 6) is 0.138. The minimum Gasteiger partial charge on any atom is -0.485 e. The van der Waals surface area contributed by atoms with Crippen LogP contribution in [0.4, 0.5) is 4.39 Å². The zero-order valence-corrected chi connectivity index (χ0v) is 12.5. The molecule has 0 aromatic heterocycles. The Morgan fingerprint density at radius 3 is 2.38 bits per heavy atom. The Kier molecular flexibility index (Phi) is 4.41. The third-order valence-electron chi connectivity index (χ3n) is 3.24. The molecular weight excluding hydrogens is 267 g/mol. The zero-order chi connectivity index (χ0) is 15.5. The molecule has 3 heteroatoms. The van der Waals surface area contributed by atoms with E-state index >= 15 is 0 Å². The van der Waals surface area contributed by atoms with E-state index in [9.17, 15) is 9.18 Å². The second kappa shape index (κ2) is 6.08. The summed E-state index contributed by atoms with van der Waals surface area (Å²) in [5, 5.41) is 0. The van der Waals surface area contributed by atoms with E-state index in [1.54, 1.807) is 0 Å². The second-order valence-electron chi connectivity index (χ2n) is 6.00. The highest BCUT2D eigenvalue weighted by molar-refractivity contribution is 5.97. The molecule has 21 heavy (non-hydrogen) atoms. The van der Waals surface area contributed by atoms with Crippen LogP contribution in [0.15, 0.2) is 48.5 Å². The Labute approximate surface area is 124 Å². The van der Waals surface area contributed by atoms with Gasteiger partial charge >= 0.3 is 0 Å². The molecule has 0 bridgehead atoms. The standard InChI is InChI=1S/C18H19FO2/c1-18(2,3)14-5-4-6-16(11-14)21-12-17(20)13-7-9-15(19)10-8-13/h4-11H,12H2,1-3H3. The smallest absolute Gasteiger partial charge is 0.200 e. The molecule has 2 rings (SSSR count). The van der Waals surface area contributed by atoms with Crippen LogP contribution in [0, 0.1) is 5.82 Å². The lowest BCUT2D eigenvalue weighted by Crippen LogP contribution is -2.13. The molecule has 0 saturated carbocycles. The van der Waals surface area contributed by atoms with Gasteiger partial charge in [0.1, 0.15) is 11.6 Å². The first-order valence-electron chi connectivity index (χ1n) is 6.88. The molecule has 2 aromatic rings. The predicted octanol–water partition coefficient (Wildman–Crippen LogP) is 4.38. The molecule has 0 unspecified atom stereocenters. The van der Waals surface area contributed by atoms with Crippen molar-refractivity contribution in [1.82, 2.24) is 0 Å². The van der Waals surface area contributed by atoms with Gasteiger partial charge in [0.25, 0.3) is 0 Å². The van der Waals surface area contributed by atoms with E-state index in [4.69, 9.17) is 4.74 Å². The molecule has 0 amide bonds. The van der Waals surface area contributed by atoms with Crippen molar-refractivity contribution in [2.24, 2.45) is 0 Å². The Bertz CT molecular complexity index is 624. The van der Waals surface area contributed by atoms with Crippen LogP contribution < -0.4 is 4.74 Å². The fraction of sp³-hybridized carbons (Fsp3) is 0.278. The average molecular weight is 286 g/mol. The van der Waals surface area contributed by atoms with Gasteiger partial charge in [0.2, 0.25) is 0 Å². The van der Waals surface area contributed by atoms with Gasteiger partial charge in [0.05, 0.1) is 0 Å². The van der Waals surface area contributed by atoms with Crippen LogP contribution in [-0.2, 0) is 5.41 Å². The number of rotatable bonds is 4. The minimum atomic E-state index is -0.356. The van der Waals surface area contributed by atoms with E-state index in [0.29, 0.717) is 11.3 Å². The lowest BCUT2D eigenvalue weighted by molar-refractivity contribution is 0.0921. The Morgan fingerprint density at radius 1 is 1.10 bits per heavy atom. The highest BCUT2D eigenvalue weighted by Gasteiger charge is 2.14. The minimum absolute atomic E-state index is 0.0281. The number of Topliss-reactive ketones (excluding diaryl/α,β-unsaturated/α-hetero) is 1. The molecule has 0 aliphatic rings. The number of carbonyl (C=O) groups is 1. The average Bonchev–Trinajstić information content (AvgIpc) is 2.45. The number of ketones is 1. The van der Waals surface area contributed by atoms with E-state index in [-0.39, 0.29) is 23.6 Å². The van der Waals surface area contributed by atoms with Crippen molar-refractivity contribution in [1.29, 1.82) is 0 Å². The van der Waals surface area contributed by atoms with Crippen LogP contribution >= 0.6 is 0 Å². The molecule has 0 spiro atoms. The SMILES string of the molecule is CC(C)(C)c1cccc(OCC(=O)c2ccc(F)cc2)c1. The summed E-state index contributed by atoms with van der Waals surface area (Å²) in [6.07, 6.45) is 0. The molecule has 0 N–H and O–H groups in total. The molecule has 0 atom stereocenters. The van der Waals surface area contributed by atoms with Gasteiger partial charge in [0, 0.05) is 5.56 Å². The van der Waals surface area contributed by atoms with Gasteiger partial charge in [-0.25, -0.2) is 4.39 Å². The number of ether oxygens (including phenoxy) is 1. The molecular formula is C18H19FO2. The summed E-state index contributed by atoms with van der Waals surface area (Å²) in [6.45, 7) is 6.31. The van der Waals surface area contributed by atoms with Gasteiger partial charge in [-0.05, 0) is 47.4 Å². The molecule has 110 valence electrons. The summed E-state index contributed by atoms with van der Waals surface area (Å²) in [7, 11) is 0. The maximum Gasteiger partial charge on any atom is 0.200 e. The number of hydrogen-bond donors (Lipinski definition) is 0. The monoisotopic (exact) mass is 286 g/mol. The zero-order valence-electron chi connectivity index (χ0n) is 12.5. The topological polar surface area (TPSA) is 26.3 Å². The first-order chi connectivity index (χ1) is 9.86. The van der Waals surface area contributed by atoms with Crippen molar-refractivity contribution in [3.05, 3.63) is 65.5 Å². The summed E-state index contributed by atoms with van der Waals surface area (Å²) < 4.78 is 18.4. The number of halogens is 1. The number of hydrogen-bond acceptors (Lipinski definition) is 2. The molecule has 0 heterocycles. The van der Waals surface area contributed by atoms with E-state index in [1.165, 1.54) is 24.3 Å². The molecule has 0 radical (unpaired) electrons. The quantitative estimate of drug-likeness (QED) is 0.779. The lowest BCUT2D eigenvalue weighted by Gasteiger charge is -2.19. The van der Waals surface area contributed by atoms with Crippen LogP contribution in [-0.4, -0.2) is 12.4 Å². The van der Waals surface area contributed by atoms with Gasteiger partial charge in [0.15, 0.2) is 12.4 Å². The Hall–Kier alpha value is -2.16. The highest BCUT2D eigenvalue weighted by atomic mass is 19.1. The van der Waals surface area contributed by atoms with Gasteiger partial charge in [-0.1, -0.05) is 32.9 Å². The first-order valence-corrected chi connectivity index (χ1v) is 6.88. The number of benzene rings is 2.